The number of rotatable bonds is 11. The van der Waals surface area contributed by atoms with E-state index in [0.717, 1.165) is 37.8 Å². The van der Waals surface area contributed by atoms with E-state index in [9.17, 15) is 8.42 Å². The molecule has 5 nitrogen and oxygen atoms in total. The highest BCUT2D eigenvalue weighted by Crippen LogP contribution is 2.29. The molecule has 1 saturated carbocycles. The van der Waals surface area contributed by atoms with Crippen molar-refractivity contribution in [2.75, 3.05) is 18.8 Å². The van der Waals surface area contributed by atoms with E-state index in [4.69, 9.17) is 6.42 Å². The van der Waals surface area contributed by atoms with Gasteiger partial charge in [-0.05, 0) is 25.2 Å². The van der Waals surface area contributed by atoms with Crippen LogP contribution in [0.5, 0.6) is 0 Å². The standard InChI is InChI=1S/C19H29N3O2S/c1-4-7-13-22-18(15-21(11-5-2)12-6-3)14-20-19(22)25(23,24)16-17-9-8-10-17/h2,6,14,17H,3-4,7-13,15-16H2,1H3. The molecule has 25 heavy (non-hydrogen) atoms. The van der Waals surface area contributed by atoms with Crippen molar-refractivity contribution >= 4 is 9.84 Å². The number of nitrogens with zero attached hydrogens (tertiary/aromatic N) is 3. The Balaban J connectivity index is 2.26. The van der Waals surface area contributed by atoms with Crippen molar-refractivity contribution < 1.29 is 8.42 Å². The Hall–Kier alpha value is -1.58. The second-order valence-electron chi connectivity index (χ2n) is 6.78. The second-order valence-corrected chi connectivity index (χ2v) is 8.71. The molecule has 1 aliphatic carbocycles. The summed E-state index contributed by atoms with van der Waals surface area (Å²) in [5.74, 6) is 3.16. The van der Waals surface area contributed by atoms with Gasteiger partial charge in [-0.25, -0.2) is 13.4 Å². The summed E-state index contributed by atoms with van der Waals surface area (Å²) in [6.45, 7) is 8.26. The lowest BCUT2D eigenvalue weighted by molar-refractivity contribution is 0.319. The second kappa shape index (κ2) is 9.21. The summed E-state index contributed by atoms with van der Waals surface area (Å²) in [5, 5.41) is 0.224. The lowest BCUT2D eigenvalue weighted by Crippen LogP contribution is -2.27. The van der Waals surface area contributed by atoms with Crippen LogP contribution in [0.2, 0.25) is 0 Å². The molecule has 0 spiro atoms. The van der Waals surface area contributed by atoms with Crippen molar-refractivity contribution in [3.05, 3.63) is 24.5 Å². The van der Waals surface area contributed by atoms with Crippen LogP contribution in [-0.2, 0) is 22.9 Å². The molecule has 0 unspecified atom stereocenters. The first kappa shape index (κ1) is 19.7. The van der Waals surface area contributed by atoms with E-state index in [-0.39, 0.29) is 10.9 Å². The van der Waals surface area contributed by atoms with Gasteiger partial charge >= 0.3 is 0 Å². The van der Waals surface area contributed by atoms with Crippen molar-refractivity contribution in [2.45, 2.75) is 57.3 Å². The molecule has 0 N–H and O–H groups in total. The Morgan fingerprint density at radius 3 is 2.84 bits per heavy atom. The zero-order chi connectivity index (χ0) is 18.3. The lowest BCUT2D eigenvalue weighted by atomic mass is 9.87. The predicted octanol–water partition coefficient (Wildman–Crippen LogP) is 2.88. The summed E-state index contributed by atoms with van der Waals surface area (Å²) < 4.78 is 27.5. The van der Waals surface area contributed by atoms with E-state index in [2.05, 4.69) is 29.3 Å². The highest BCUT2D eigenvalue weighted by atomic mass is 32.2. The number of hydrogen-bond donors (Lipinski definition) is 0. The average molecular weight is 364 g/mol. The third-order valence-electron chi connectivity index (χ3n) is 4.68. The minimum absolute atomic E-state index is 0.219. The van der Waals surface area contributed by atoms with Gasteiger partial charge in [0.05, 0.1) is 24.2 Å². The molecule has 0 atom stereocenters. The fraction of sp³-hybridized carbons (Fsp3) is 0.632. The van der Waals surface area contributed by atoms with E-state index >= 15 is 0 Å². The average Bonchev–Trinajstić information content (AvgIpc) is 2.93. The molecule has 1 aromatic heterocycles. The lowest BCUT2D eigenvalue weighted by Gasteiger charge is -2.25. The minimum atomic E-state index is -3.35. The highest BCUT2D eigenvalue weighted by molar-refractivity contribution is 7.91. The molecule has 0 aliphatic heterocycles. The molecular weight excluding hydrogens is 334 g/mol. The first-order valence-electron chi connectivity index (χ1n) is 9.05. The molecule has 1 heterocycles. The van der Waals surface area contributed by atoms with Crippen molar-refractivity contribution in [1.82, 2.24) is 14.5 Å². The van der Waals surface area contributed by atoms with Crippen LogP contribution in [0.3, 0.4) is 0 Å². The number of sulfone groups is 1. The Kier molecular flexibility index (Phi) is 7.27. The van der Waals surface area contributed by atoms with Crippen molar-refractivity contribution in [3.63, 3.8) is 0 Å². The molecule has 0 radical (unpaired) electrons. The molecule has 6 heteroatoms. The summed E-state index contributed by atoms with van der Waals surface area (Å²) in [6, 6.07) is 0. The topological polar surface area (TPSA) is 55.2 Å². The predicted molar refractivity (Wildman–Crippen MR) is 101 cm³/mol. The number of aromatic nitrogens is 2. The van der Waals surface area contributed by atoms with Gasteiger partial charge in [0, 0.05) is 19.6 Å². The van der Waals surface area contributed by atoms with Gasteiger partial charge in [0.25, 0.3) is 0 Å². The Morgan fingerprint density at radius 1 is 1.52 bits per heavy atom. The Labute approximate surface area is 152 Å². The monoisotopic (exact) mass is 363 g/mol. The van der Waals surface area contributed by atoms with E-state index in [1.165, 1.54) is 0 Å². The molecule has 0 bridgehead atoms. The molecule has 1 fully saturated rings. The van der Waals surface area contributed by atoms with Crippen molar-refractivity contribution in [1.29, 1.82) is 0 Å². The summed E-state index contributed by atoms with van der Waals surface area (Å²) >= 11 is 0. The van der Waals surface area contributed by atoms with Gasteiger partial charge in [-0.3, -0.25) is 4.90 Å². The number of terminal acetylenes is 1. The number of imidazole rings is 1. The molecule has 1 aliphatic rings. The number of unbranched alkanes of at least 4 members (excludes halogenated alkanes) is 1. The van der Waals surface area contributed by atoms with Gasteiger partial charge in [-0.1, -0.05) is 31.8 Å². The van der Waals surface area contributed by atoms with Gasteiger partial charge in [0.1, 0.15) is 0 Å². The van der Waals surface area contributed by atoms with Crippen molar-refractivity contribution in [3.8, 4) is 12.3 Å². The van der Waals surface area contributed by atoms with Crippen LogP contribution in [0.25, 0.3) is 0 Å². The summed E-state index contributed by atoms with van der Waals surface area (Å²) in [4.78, 5) is 6.35. The Bertz CT molecular complexity index is 712. The van der Waals surface area contributed by atoms with Gasteiger partial charge in [-0.2, -0.15) is 0 Å². The van der Waals surface area contributed by atoms with Crippen LogP contribution in [0.15, 0.2) is 24.0 Å². The molecule has 1 aromatic rings. The summed E-state index contributed by atoms with van der Waals surface area (Å²) in [7, 11) is -3.35. The highest BCUT2D eigenvalue weighted by Gasteiger charge is 2.30. The maximum Gasteiger partial charge on any atom is 0.227 e. The van der Waals surface area contributed by atoms with Crippen LogP contribution in [-0.4, -0.2) is 41.7 Å². The SMILES string of the molecule is C#CCN(CC=C)Cc1cnc(S(=O)(=O)CC2CCC2)n1CCCC. The van der Waals surface area contributed by atoms with Crippen LogP contribution in [0.1, 0.15) is 44.7 Å². The zero-order valence-electron chi connectivity index (χ0n) is 15.2. The molecular formula is C19H29N3O2S. The van der Waals surface area contributed by atoms with E-state index in [1.54, 1.807) is 12.3 Å². The summed E-state index contributed by atoms with van der Waals surface area (Å²) in [5.41, 5.74) is 0.901. The minimum Gasteiger partial charge on any atom is -0.318 e. The maximum absolute atomic E-state index is 12.8. The third kappa shape index (κ3) is 5.20. The first-order valence-corrected chi connectivity index (χ1v) is 10.7. The van der Waals surface area contributed by atoms with E-state index in [0.29, 0.717) is 32.1 Å². The molecule has 0 amide bonds. The van der Waals surface area contributed by atoms with E-state index < -0.39 is 9.84 Å². The Morgan fingerprint density at radius 2 is 2.28 bits per heavy atom. The molecule has 2 rings (SSSR count). The summed E-state index contributed by atoms with van der Waals surface area (Å²) in [6.07, 6.45) is 14.0. The van der Waals surface area contributed by atoms with Gasteiger partial charge < -0.3 is 4.57 Å². The molecule has 0 aromatic carbocycles. The van der Waals surface area contributed by atoms with Gasteiger partial charge in [-0.15, -0.1) is 13.0 Å². The van der Waals surface area contributed by atoms with Crippen LogP contribution in [0.4, 0.5) is 0 Å². The van der Waals surface area contributed by atoms with E-state index in [1.807, 2.05) is 4.57 Å². The fourth-order valence-electron chi connectivity index (χ4n) is 3.09. The third-order valence-corrected chi connectivity index (χ3v) is 6.48. The number of hydrogen-bond acceptors (Lipinski definition) is 4. The van der Waals surface area contributed by atoms with Crippen LogP contribution in [0, 0.1) is 18.3 Å². The fourth-order valence-corrected chi connectivity index (χ4v) is 4.95. The maximum atomic E-state index is 12.8. The first-order chi connectivity index (χ1) is 12.0. The van der Waals surface area contributed by atoms with Crippen LogP contribution >= 0.6 is 0 Å². The van der Waals surface area contributed by atoms with Crippen LogP contribution < -0.4 is 0 Å². The molecule has 0 saturated heterocycles. The largest absolute Gasteiger partial charge is 0.318 e. The smallest absolute Gasteiger partial charge is 0.227 e. The molecule has 138 valence electrons. The zero-order valence-corrected chi connectivity index (χ0v) is 16.0. The van der Waals surface area contributed by atoms with Gasteiger partial charge in [0.2, 0.25) is 15.0 Å². The van der Waals surface area contributed by atoms with Gasteiger partial charge in [0.15, 0.2) is 0 Å². The quantitative estimate of drug-likeness (QED) is 0.448. The van der Waals surface area contributed by atoms with Crippen molar-refractivity contribution in [2.24, 2.45) is 5.92 Å². The normalized spacial score (nSPS) is 15.1.